The van der Waals surface area contributed by atoms with E-state index in [0.717, 1.165) is 12.1 Å². The van der Waals surface area contributed by atoms with Crippen molar-refractivity contribution in [2.45, 2.75) is 6.92 Å². The van der Waals surface area contributed by atoms with Crippen LogP contribution in [0.1, 0.15) is 36.8 Å². The number of aromatic nitrogens is 2. The maximum atomic E-state index is 13.5. The SMILES string of the molecule is COC(=O)c1ccc(N(C)C(=O)c2cc(NC(=O)c3cc(F)c(F)cc3C)n[nH]2)cc1. The number of methoxy groups -OCH3 is 1. The van der Waals surface area contributed by atoms with E-state index in [1.807, 2.05) is 0 Å². The van der Waals surface area contributed by atoms with Gasteiger partial charge in [-0.25, -0.2) is 13.6 Å². The second-order valence-corrected chi connectivity index (χ2v) is 6.60. The highest BCUT2D eigenvalue weighted by Gasteiger charge is 2.19. The van der Waals surface area contributed by atoms with Crippen LogP contribution in [0.3, 0.4) is 0 Å². The summed E-state index contributed by atoms with van der Waals surface area (Å²) in [6, 6.07) is 9.23. The van der Waals surface area contributed by atoms with E-state index in [1.54, 1.807) is 12.1 Å². The molecule has 0 saturated heterocycles. The zero-order chi connectivity index (χ0) is 22.7. The molecule has 0 bridgehead atoms. The summed E-state index contributed by atoms with van der Waals surface area (Å²) in [6.07, 6.45) is 0. The minimum absolute atomic E-state index is 0.0342. The molecule has 2 amide bonds. The number of esters is 1. The van der Waals surface area contributed by atoms with Crippen LogP contribution in [0.2, 0.25) is 0 Å². The molecule has 0 saturated carbocycles. The summed E-state index contributed by atoms with van der Waals surface area (Å²) in [5, 5.41) is 8.82. The Kier molecular flexibility index (Phi) is 6.10. The Hall–Kier alpha value is -4.08. The van der Waals surface area contributed by atoms with E-state index in [1.165, 1.54) is 44.2 Å². The lowest BCUT2D eigenvalue weighted by Crippen LogP contribution is -2.26. The first kappa shape index (κ1) is 21.6. The predicted molar refractivity (Wildman–Crippen MR) is 108 cm³/mol. The molecule has 3 aromatic rings. The number of halogens is 2. The van der Waals surface area contributed by atoms with Crippen LogP contribution in [0.15, 0.2) is 42.5 Å². The van der Waals surface area contributed by atoms with E-state index >= 15 is 0 Å². The van der Waals surface area contributed by atoms with Crippen molar-refractivity contribution in [3.8, 4) is 0 Å². The topological polar surface area (TPSA) is 104 Å². The van der Waals surface area contributed by atoms with Crippen LogP contribution < -0.4 is 10.2 Å². The zero-order valence-electron chi connectivity index (χ0n) is 16.8. The number of anilines is 2. The Morgan fingerprint density at radius 1 is 1.06 bits per heavy atom. The van der Waals surface area contributed by atoms with Crippen LogP contribution in [0, 0.1) is 18.6 Å². The van der Waals surface area contributed by atoms with Crippen molar-refractivity contribution in [2.75, 3.05) is 24.4 Å². The highest BCUT2D eigenvalue weighted by atomic mass is 19.2. The van der Waals surface area contributed by atoms with Gasteiger partial charge < -0.3 is 15.0 Å². The molecule has 1 heterocycles. The number of hydrogen-bond donors (Lipinski definition) is 2. The van der Waals surface area contributed by atoms with Crippen molar-refractivity contribution in [3.05, 3.63) is 76.5 Å². The Morgan fingerprint density at radius 2 is 1.71 bits per heavy atom. The number of nitrogens with zero attached hydrogens (tertiary/aromatic N) is 2. The molecule has 0 atom stereocenters. The summed E-state index contributed by atoms with van der Waals surface area (Å²) in [5.41, 5.74) is 1.12. The Bertz CT molecular complexity index is 1160. The first-order chi connectivity index (χ1) is 14.7. The van der Waals surface area contributed by atoms with Crippen LogP contribution >= 0.6 is 0 Å². The maximum Gasteiger partial charge on any atom is 0.337 e. The molecule has 0 aliphatic carbocycles. The Morgan fingerprint density at radius 3 is 2.35 bits per heavy atom. The van der Waals surface area contributed by atoms with Crippen molar-refractivity contribution in [3.63, 3.8) is 0 Å². The third-order valence-electron chi connectivity index (χ3n) is 4.54. The molecule has 0 aliphatic rings. The van der Waals surface area contributed by atoms with Gasteiger partial charge in [-0.15, -0.1) is 0 Å². The lowest BCUT2D eigenvalue weighted by Gasteiger charge is -2.16. The fraction of sp³-hybridized carbons (Fsp3) is 0.143. The molecule has 1 aromatic heterocycles. The van der Waals surface area contributed by atoms with Crippen LogP contribution in [0.4, 0.5) is 20.3 Å². The number of carbonyl (C=O) groups excluding carboxylic acids is 3. The number of carbonyl (C=O) groups is 3. The van der Waals surface area contributed by atoms with E-state index in [9.17, 15) is 23.2 Å². The third kappa shape index (κ3) is 4.58. The van der Waals surface area contributed by atoms with Gasteiger partial charge >= 0.3 is 5.97 Å². The normalized spacial score (nSPS) is 10.5. The quantitative estimate of drug-likeness (QED) is 0.607. The van der Waals surface area contributed by atoms with Crippen molar-refractivity contribution >= 4 is 29.3 Å². The number of rotatable bonds is 5. The third-order valence-corrected chi connectivity index (χ3v) is 4.54. The zero-order valence-corrected chi connectivity index (χ0v) is 16.8. The molecule has 3 rings (SSSR count). The van der Waals surface area contributed by atoms with Gasteiger partial charge in [-0.3, -0.25) is 14.7 Å². The fourth-order valence-electron chi connectivity index (χ4n) is 2.81. The lowest BCUT2D eigenvalue weighted by atomic mass is 10.1. The number of H-pyrrole nitrogens is 1. The van der Waals surface area contributed by atoms with Gasteiger partial charge in [-0.1, -0.05) is 0 Å². The second kappa shape index (κ2) is 8.74. The Labute approximate surface area is 175 Å². The number of aryl methyl sites for hydroxylation is 1. The van der Waals surface area contributed by atoms with E-state index in [4.69, 9.17) is 0 Å². The number of ether oxygens (including phenoxy) is 1. The lowest BCUT2D eigenvalue weighted by molar-refractivity contribution is 0.0600. The molecular weight excluding hydrogens is 410 g/mol. The average molecular weight is 428 g/mol. The second-order valence-electron chi connectivity index (χ2n) is 6.60. The minimum atomic E-state index is -1.14. The number of amides is 2. The number of nitrogens with one attached hydrogen (secondary N) is 2. The smallest absolute Gasteiger partial charge is 0.337 e. The van der Waals surface area contributed by atoms with Gasteiger partial charge in [0.25, 0.3) is 11.8 Å². The van der Waals surface area contributed by atoms with Gasteiger partial charge in [0.05, 0.1) is 12.7 Å². The van der Waals surface area contributed by atoms with E-state index in [2.05, 4.69) is 20.3 Å². The van der Waals surface area contributed by atoms with Gasteiger partial charge in [0, 0.05) is 24.4 Å². The van der Waals surface area contributed by atoms with Gasteiger partial charge in [-0.2, -0.15) is 5.10 Å². The monoisotopic (exact) mass is 428 g/mol. The van der Waals surface area contributed by atoms with Crippen LogP contribution in [-0.2, 0) is 4.74 Å². The molecule has 31 heavy (non-hydrogen) atoms. The maximum absolute atomic E-state index is 13.5. The van der Waals surface area contributed by atoms with Gasteiger partial charge in [0.1, 0.15) is 5.69 Å². The van der Waals surface area contributed by atoms with Crippen molar-refractivity contribution < 1.29 is 27.9 Å². The van der Waals surface area contributed by atoms with Crippen molar-refractivity contribution in [1.82, 2.24) is 10.2 Å². The molecule has 10 heteroatoms. The number of benzene rings is 2. The van der Waals surface area contributed by atoms with E-state index < -0.39 is 29.4 Å². The van der Waals surface area contributed by atoms with Crippen LogP contribution in [0.25, 0.3) is 0 Å². The molecule has 0 spiro atoms. The molecule has 2 N–H and O–H groups in total. The summed E-state index contributed by atoms with van der Waals surface area (Å²) in [6.45, 7) is 1.47. The molecule has 160 valence electrons. The van der Waals surface area contributed by atoms with Crippen LogP contribution in [-0.4, -0.2) is 42.1 Å². The van der Waals surface area contributed by atoms with E-state index in [0.29, 0.717) is 11.3 Å². The van der Waals surface area contributed by atoms with Crippen LogP contribution in [0.5, 0.6) is 0 Å². The predicted octanol–water partition coefficient (Wildman–Crippen LogP) is 3.31. The highest BCUT2D eigenvalue weighted by molar-refractivity contribution is 6.07. The number of aromatic amines is 1. The molecule has 0 radical (unpaired) electrons. The largest absolute Gasteiger partial charge is 0.465 e. The van der Waals surface area contributed by atoms with Crippen molar-refractivity contribution in [1.29, 1.82) is 0 Å². The van der Waals surface area contributed by atoms with Gasteiger partial charge in [-0.05, 0) is 48.9 Å². The summed E-state index contributed by atoms with van der Waals surface area (Å²) in [7, 11) is 2.80. The molecule has 0 unspecified atom stereocenters. The molecule has 0 aliphatic heterocycles. The molecule has 8 nitrogen and oxygen atoms in total. The first-order valence-electron chi connectivity index (χ1n) is 9.00. The summed E-state index contributed by atoms with van der Waals surface area (Å²) in [5.74, 6) is -3.81. The van der Waals surface area contributed by atoms with Crippen molar-refractivity contribution in [2.24, 2.45) is 0 Å². The summed E-state index contributed by atoms with van der Waals surface area (Å²) < 4.78 is 31.3. The first-order valence-corrected chi connectivity index (χ1v) is 9.00. The summed E-state index contributed by atoms with van der Waals surface area (Å²) in [4.78, 5) is 37.9. The molecule has 0 fully saturated rings. The minimum Gasteiger partial charge on any atom is -0.465 e. The molecular formula is C21H18F2N4O4. The number of hydrogen-bond acceptors (Lipinski definition) is 5. The highest BCUT2D eigenvalue weighted by Crippen LogP contribution is 2.19. The summed E-state index contributed by atoms with van der Waals surface area (Å²) >= 11 is 0. The standard InChI is InChI=1S/C21H18F2N4O4/c1-11-8-15(22)16(23)9-14(11)19(28)24-18-10-17(25-26-18)20(29)27(2)13-6-4-12(5-7-13)21(30)31-3/h4-10H,1-3H3,(H2,24,25,26,28). The van der Waals surface area contributed by atoms with Gasteiger partial charge in [0.2, 0.25) is 0 Å². The Balaban J connectivity index is 1.72. The van der Waals surface area contributed by atoms with Gasteiger partial charge in [0.15, 0.2) is 17.5 Å². The van der Waals surface area contributed by atoms with E-state index in [-0.39, 0.29) is 22.6 Å². The fourth-order valence-corrected chi connectivity index (χ4v) is 2.81. The molecule has 2 aromatic carbocycles. The average Bonchev–Trinajstić information content (AvgIpc) is 3.23.